The Bertz CT molecular complexity index is 962. The second kappa shape index (κ2) is 8.45. The van der Waals surface area contributed by atoms with Gasteiger partial charge in [0, 0.05) is 12.6 Å². The summed E-state index contributed by atoms with van der Waals surface area (Å²) < 4.78 is 55.7. The summed E-state index contributed by atoms with van der Waals surface area (Å²) in [7, 11) is 0. The topological polar surface area (TPSA) is 46.9 Å². The van der Waals surface area contributed by atoms with Gasteiger partial charge in [0.05, 0.1) is 17.1 Å². The Morgan fingerprint density at radius 1 is 1.19 bits per heavy atom. The highest BCUT2D eigenvalue weighted by atomic mass is 35.5. The summed E-state index contributed by atoms with van der Waals surface area (Å²) in [6.07, 6.45) is 0.939. The fourth-order valence-electron chi connectivity index (χ4n) is 4.34. The summed E-state index contributed by atoms with van der Waals surface area (Å²) in [6, 6.07) is 5.36. The molecule has 2 aromatic rings. The van der Waals surface area contributed by atoms with Crippen LogP contribution in [-0.4, -0.2) is 21.9 Å². The van der Waals surface area contributed by atoms with E-state index in [4.69, 9.17) is 11.6 Å². The number of hydrogen-bond donors (Lipinski definition) is 1. The Morgan fingerprint density at radius 2 is 1.90 bits per heavy atom. The SMILES string of the molecule is O=C(Cc1ccc(F)c(Cl)c1)Nc1cc(C2(C(F)(F)F)CC2)nn1CC1CCCCC1. The van der Waals surface area contributed by atoms with E-state index in [-0.39, 0.29) is 35.8 Å². The molecule has 1 amide bonds. The van der Waals surface area contributed by atoms with Gasteiger partial charge in [0.25, 0.3) is 0 Å². The number of anilines is 1. The molecule has 31 heavy (non-hydrogen) atoms. The largest absolute Gasteiger partial charge is 0.400 e. The molecule has 9 heteroatoms. The van der Waals surface area contributed by atoms with Gasteiger partial charge in [0.2, 0.25) is 5.91 Å². The summed E-state index contributed by atoms with van der Waals surface area (Å²) in [5.74, 6) is -0.401. The van der Waals surface area contributed by atoms with E-state index in [2.05, 4.69) is 10.4 Å². The number of alkyl halides is 3. The minimum absolute atomic E-state index is 0.0123. The average Bonchev–Trinajstić information content (AvgIpc) is 3.45. The van der Waals surface area contributed by atoms with Crippen molar-refractivity contribution in [3.8, 4) is 0 Å². The van der Waals surface area contributed by atoms with Crippen LogP contribution in [0.4, 0.5) is 23.4 Å². The standard InChI is InChI=1S/C22H24ClF4N3O/c23-16-10-15(6-7-17(16)24)11-20(31)28-19-12-18(21(8-9-21)22(25,26)27)29-30(19)13-14-4-2-1-3-5-14/h6-7,10,12,14H,1-5,8-9,11,13H2,(H,28,31). The maximum absolute atomic E-state index is 13.6. The predicted octanol–water partition coefficient (Wildman–Crippen LogP) is 6.03. The van der Waals surface area contributed by atoms with Crippen LogP contribution in [-0.2, 0) is 23.2 Å². The molecule has 0 aliphatic heterocycles. The quantitative estimate of drug-likeness (QED) is 0.538. The van der Waals surface area contributed by atoms with E-state index in [1.54, 1.807) is 0 Å². The average molecular weight is 458 g/mol. The number of rotatable bonds is 6. The van der Waals surface area contributed by atoms with Crippen molar-refractivity contribution in [2.24, 2.45) is 5.92 Å². The zero-order chi connectivity index (χ0) is 22.2. The van der Waals surface area contributed by atoms with Crippen LogP contribution in [0.5, 0.6) is 0 Å². The van der Waals surface area contributed by atoms with Gasteiger partial charge in [0.15, 0.2) is 0 Å². The van der Waals surface area contributed by atoms with E-state index in [0.717, 1.165) is 25.7 Å². The van der Waals surface area contributed by atoms with Crippen LogP contribution in [0.15, 0.2) is 24.3 Å². The van der Waals surface area contributed by atoms with Crippen molar-refractivity contribution < 1.29 is 22.4 Å². The number of benzene rings is 1. The first-order valence-electron chi connectivity index (χ1n) is 10.6. The Kier molecular flexibility index (Phi) is 6.03. The highest BCUT2D eigenvalue weighted by Gasteiger charge is 2.65. The lowest BCUT2D eigenvalue weighted by Gasteiger charge is -2.22. The molecular formula is C22H24ClF4N3O. The maximum Gasteiger partial charge on any atom is 0.400 e. The van der Waals surface area contributed by atoms with Gasteiger partial charge in [0.1, 0.15) is 17.1 Å². The molecule has 2 aliphatic rings. The molecule has 1 N–H and O–H groups in total. The number of carbonyl (C=O) groups excluding carboxylic acids is 1. The first-order chi connectivity index (χ1) is 14.7. The third kappa shape index (κ3) is 4.73. The molecule has 2 saturated carbocycles. The van der Waals surface area contributed by atoms with Crippen molar-refractivity contribution >= 4 is 23.3 Å². The summed E-state index contributed by atoms with van der Waals surface area (Å²) in [6.45, 7) is 0.478. The molecule has 0 spiro atoms. The number of nitrogens with one attached hydrogen (secondary N) is 1. The molecule has 0 radical (unpaired) electrons. The third-order valence-corrected chi connectivity index (χ3v) is 6.62. The fourth-order valence-corrected chi connectivity index (χ4v) is 4.54. The lowest BCUT2D eigenvalue weighted by atomic mass is 9.89. The summed E-state index contributed by atoms with van der Waals surface area (Å²) in [5.41, 5.74) is -1.43. The molecule has 0 unspecified atom stereocenters. The first kappa shape index (κ1) is 22.1. The molecular weight excluding hydrogens is 434 g/mol. The van der Waals surface area contributed by atoms with E-state index in [1.807, 2.05) is 0 Å². The third-order valence-electron chi connectivity index (χ3n) is 6.33. The molecule has 168 valence electrons. The van der Waals surface area contributed by atoms with E-state index >= 15 is 0 Å². The Labute approximate surface area is 183 Å². The van der Waals surface area contributed by atoms with E-state index in [0.29, 0.717) is 18.0 Å². The number of carbonyl (C=O) groups is 1. The van der Waals surface area contributed by atoms with Crippen molar-refractivity contribution in [3.05, 3.63) is 46.4 Å². The summed E-state index contributed by atoms with van der Waals surface area (Å²) >= 11 is 5.77. The second-order valence-corrected chi connectivity index (χ2v) is 9.06. The molecule has 1 aromatic carbocycles. The van der Waals surface area contributed by atoms with Gasteiger partial charge in [-0.05, 0) is 49.3 Å². The molecule has 2 fully saturated rings. The minimum Gasteiger partial charge on any atom is -0.311 e. The lowest BCUT2D eigenvalue weighted by Crippen LogP contribution is -2.29. The van der Waals surface area contributed by atoms with E-state index in [9.17, 15) is 22.4 Å². The van der Waals surface area contributed by atoms with Crippen LogP contribution < -0.4 is 5.32 Å². The number of halogens is 5. The molecule has 4 nitrogen and oxygen atoms in total. The number of nitrogens with zero attached hydrogens (tertiary/aromatic N) is 2. The summed E-state index contributed by atoms with van der Waals surface area (Å²) in [4.78, 5) is 12.6. The van der Waals surface area contributed by atoms with Crippen molar-refractivity contribution in [1.29, 1.82) is 0 Å². The molecule has 1 heterocycles. The van der Waals surface area contributed by atoms with Crippen LogP contribution in [0, 0.1) is 11.7 Å². The van der Waals surface area contributed by atoms with Crippen molar-refractivity contribution in [1.82, 2.24) is 9.78 Å². The molecule has 2 aliphatic carbocycles. The lowest BCUT2D eigenvalue weighted by molar-refractivity contribution is -0.161. The predicted molar refractivity (Wildman–Crippen MR) is 110 cm³/mol. The maximum atomic E-state index is 13.6. The molecule has 4 rings (SSSR count). The van der Waals surface area contributed by atoms with E-state index < -0.39 is 23.3 Å². The normalized spacial score (nSPS) is 18.7. The van der Waals surface area contributed by atoms with Gasteiger partial charge in [-0.15, -0.1) is 0 Å². The van der Waals surface area contributed by atoms with Gasteiger partial charge < -0.3 is 5.32 Å². The molecule has 1 aromatic heterocycles. The van der Waals surface area contributed by atoms with Gasteiger partial charge >= 0.3 is 6.18 Å². The van der Waals surface area contributed by atoms with E-state index in [1.165, 1.54) is 35.4 Å². The number of hydrogen-bond acceptors (Lipinski definition) is 2. The monoisotopic (exact) mass is 457 g/mol. The Balaban J connectivity index is 1.55. The van der Waals surface area contributed by atoms with Gasteiger partial charge in [-0.3, -0.25) is 4.79 Å². The van der Waals surface area contributed by atoms with Crippen LogP contribution in [0.2, 0.25) is 5.02 Å². The molecule has 0 bridgehead atoms. The van der Waals surface area contributed by atoms with Crippen molar-refractivity contribution in [3.63, 3.8) is 0 Å². The number of amides is 1. The molecule has 0 atom stereocenters. The minimum atomic E-state index is -4.37. The smallest absolute Gasteiger partial charge is 0.311 e. The van der Waals surface area contributed by atoms with Crippen LogP contribution >= 0.6 is 11.6 Å². The van der Waals surface area contributed by atoms with Crippen molar-refractivity contribution in [2.75, 3.05) is 5.32 Å². The fraction of sp³-hybridized carbons (Fsp3) is 0.545. The highest BCUT2D eigenvalue weighted by Crippen LogP contribution is 2.58. The van der Waals surface area contributed by atoms with Crippen LogP contribution in [0.3, 0.4) is 0 Å². The van der Waals surface area contributed by atoms with Crippen molar-refractivity contribution in [2.45, 2.75) is 69.5 Å². The zero-order valence-electron chi connectivity index (χ0n) is 16.9. The Morgan fingerprint density at radius 3 is 2.52 bits per heavy atom. The van der Waals surface area contributed by atoms with Gasteiger partial charge in [-0.2, -0.15) is 18.3 Å². The summed E-state index contributed by atoms with van der Waals surface area (Å²) in [5, 5.41) is 6.93. The first-order valence-corrected chi connectivity index (χ1v) is 10.9. The highest BCUT2D eigenvalue weighted by molar-refractivity contribution is 6.30. The van der Waals surface area contributed by atoms with Crippen LogP contribution in [0.25, 0.3) is 0 Å². The zero-order valence-corrected chi connectivity index (χ0v) is 17.7. The number of aromatic nitrogens is 2. The van der Waals surface area contributed by atoms with Crippen LogP contribution in [0.1, 0.15) is 56.2 Å². The van der Waals surface area contributed by atoms with Gasteiger partial charge in [-0.25, -0.2) is 9.07 Å². The second-order valence-electron chi connectivity index (χ2n) is 8.65. The van der Waals surface area contributed by atoms with Gasteiger partial charge in [-0.1, -0.05) is 36.9 Å². The molecule has 0 saturated heterocycles. The Hall–Kier alpha value is -2.09.